The van der Waals surface area contributed by atoms with Crippen molar-refractivity contribution >= 4 is 5.91 Å². The third-order valence-corrected chi connectivity index (χ3v) is 6.00. The van der Waals surface area contributed by atoms with Crippen LogP contribution in [0.1, 0.15) is 40.5 Å². The molecule has 2 rings (SSSR count). The SMILES string of the molecule is CNC1CCN(C(C)C)CC1CC(C)(C)N1CCNC(C(N)=O)C1. The Morgan fingerprint density at radius 1 is 1.33 bits per heavy atom. The van der Waals surface area contributed by atoms with E-state index in [1.165, 1.54) is 13.0 Å². The van der Waals surface area contributed by atoms with E-state index in [4.69, 9.17) is 5.73 Å². The normalized spacial score (nSPS) is 30.7. The van der Waals surface area contributed by atoms with Gasteiger partial charge in [0.1, 0.15) is 0 Å². The second-order valence-electron chi connectivity index (χ2n) is 8.40. The lowest BCUT2D eigenvalue weighted by molar-refractivity contribution is -0.121. The number of nitrogens with zero attached hydrogens (tertiary/aromatic N) is 2. The van der Waals surface area contributed by atoms with Gasteiger partial charge in [0.15, 0.2) is 0 Å². The van der Waals surface area contributed by atoms with E-state index in [-0.39, 0.29) is 17.5 Å². The fourth-order valence-electron chi connectivity index (χ4n) is 4.38. The minimum Gasteiger partial charge on any atom is -0.368 e. The highest BCUT2D eigenvalue weighted by molar-refractivity contribution is 5.80. The molecule has 0 aromatic rings. The van der Waals surface area contributed by atoms with E-state index in [0.717, 1.165) is 26.1 Å². The summed E-state index contributed by atoms with van der Waals surface area (Å²) in [7, 11) is 2.09. The highest BCUT2D eigenvalue weighted by Crippen LogP contribution is 2.30. The molecule has 1 amide bonds. The molecule has 0 radical (unpaired) electrons. The predicted molar refractivity (Wildman–Crippen MR) is 98.9 cm³/mol. The fourth-order valence-corrected chi connectivity index (χ4v) is 4.38. The Bertz CT molecular complexity index is 426. The van der Waals surface area contributed by atoms with E-state index in [2.05, 4.69) is 55.2 Å². The van der Waals surface area contributed by atoms with Crippen LogP contribution in [0.2, 0.25) is 0 Å². The van der Waals surface area contributed by atoms with E-state index in [1.54, 1.807) is 0 Å². The summed E-state index contributed by atoms with van der Waals surface area (Å²) in [5.74, 6) is 0.385. The minimum absolute atomic E-state index is 0.0650. The van der Waals surface area contributed by atoms with E-state index in [1.807, 2.05) is 0 Å². The highest BCUT2D eigenvalue weighted by Gasteiger charge is 2.38. The van der Waals surface area contributed by atoms with E-state index in [0.29, 0.717) is 24.5 Å². The van der Waals surface area contributed by atoms with E-state index >= 15 is 0 Å². The summed E-state index contributed by atoms with van der Waals surface area (Å²) in [4.78, 5) is 16.6. The van der Waals surface area contributed by atoms with Crippen molar-refractivity contribution < 1.29 is 4.79 Å². The summed E-state index contributed by atoms with van der Waals surface area (Å²) in [5, 5.41) is 6.76. The van der Waals surface area contributed by atoms with Crippen molar-refractivity contribution in [3.8, 4) is 0 Å². The molecule has 2 aliphatic rings. The minimum atomic E-state index is -0.243. The number of piperidine rings is 1. The molecule has 2 aliphatic heterocycles. The van der Waals surface area contributed by atoms with Gasteiger partial charge in [-0.3, -0.25) is 9.69 Å². The fraction of sp³-hybridized carbons (Fsp3) is 0.944. The summed E-state index contributed by atoms with van der Waals surface area (Å²) in [6.45, 7) is 14.1. The largest absolute Gasteiger partial charge is 0.368 e. The summed E-state index contributed by atoms with van der Waals surface area (Å²) in [5.41, 5.74) is 5.57. The van der Waals surface area contributed by atoms with Crippen LogP contribution in [0.3, 0.4) is 0 Å². The Morgan fingerprint density at radius 2 is 2.04 bits per heavy atom. The first-order valence-electron chi connectivity index (χ1n) is 9.43. The van der Waals surface area contributed by atoms with Gasteiger partial charge in [-0.2, -0.15) is 0 Å². The van der Waals surface area contributed by atoms with Crippen LogP contribution in [0.25, 0.3) is 0 Å². The quantitative estimate of drug-likeness (QED) is 0.646. The van der Waals surface area contributed by atoms with Crippen molar-refractivity contribution in [2.75, 3.05) is 39.8 Å². The van der Waals surface area contributed by atoms with Gasteiger partial charge in [-0.25, -0.2) is 0 Å². The first-order chi connectivity index (χ1) is 11.2. The lowest BCUT2D eigenvalue weighted by Gasteiger charge is -2.48. The zero-order chi connectivity index (χ0) is 17.9. The molecule has 0 aliphatic carbocycles. The Morgan fingerprint density at radius 3 is 2.62 bits per heavy atom. The number of rotatable bonds is 6. The molecule has 4 N–H and O–H groups in total. The first kappa shape index (κ1) is 19.6. The molecule has 2 fully saturated rings. The smallest absolute Gasteiger partial charge is 0.235 e. The number of nitrogens with two attached hydrogens (primary N) is 1. The molecule has 6 nitrogen and oxygen atoms in total. The highest BCUT2D eigenvalue weighted by atomic mass is 16.1. The van der Waals surface area contributed by atoms with Crippen LogP contribution < -0.4 is 16.4 Å². The lowest BCUT2D eigenvalue weighted by Crippen LogP contribution is -2.62. The van der Waals surface area contributed by atoms with Crippen molar-refractivity contribution in [1.82, 2.24) is 20.4 Å². The van der Waals surface area contributed by atoms with Gasteiger partial charge in [0, 0.05) is 43.8 Å². The maximum absolute atomic E-state index is 11.5. The molecule has 0 saturated carbocycles. The van der Waals surface area contributed by atoms with Crippen LogP contribution in [0.5, 0.6) is 0 Å². The molecular formula is C18H37N5O. The van der Waals surface area contributed by atoms with Gasteiger partial charge in [-0.1, -0.05) is 0 Å². The van der Waals surface area contributed by atoms with E-state index < -0.39 is 0 Å². The van der Waals surface area contributed by atoms with Crippen molar-refractivity contribution in [2.45, 2.75) is 64.2 Å². The van der Waals surface area contributed by atoms with Gasteiger partial charge >= 0.3 is 0 Å². The molecule has 3 unspecified atom stereocenters. The number of carbonyl (C=O) groups is 1. The summed E-state index contributed by atoms with van der Waals surface area (Å²) < 4.78 is 0. The van der Waals surface area contributed by atoms with Crippen molar-refractivity contribution in [2.24, 2.45) is 11.7 Å². The maximum atomic E-state index is 11.5. The van der Waals surface area contributed by atoms with Crippen LogP contribution in [0, 0.1) is 5.92 Å². The van der Waals surface area contributed by atoms with Gasteiger partial charge in [0.05, 0.1) is 6.04 Å². The topological polar surface area (TPSA) is 73.6 Å². The summed E-state index contributed by atoms with van der Waals surface area (Å²) in [6.07, 6.45) is 2.34. The second-order valence-corrected chi connectivity index (χ2v) is 8.40. The van der Waals surface area contributed by atoms with E-state index in [9.17, 15) is 4.79 Å². The predicted octanol–water partition coefficient (Wildman–Crippen LogP) is 0.233. The molecule has 140 valence electrons. The Kier molecular flexibility index (Phi) is 6.65. The molecule has 0 spiro atoms. The Balaban J connectivity index is 2.03. The van der Waals surface area contributed by atoms with Gasteiger partial charge in [-0.05, 0) is 60.0 Å². The number of primary amides is 1. The molecule has 6 heteroatoms. The van der Waals surface area contributed by atoms with Crippen LogP contribution >= 0.6 is 0 Å². The van der Waals surface area contributed by atoms with Crippen LogP contribution in [-0.2, 0) is 4.79 Å². The average molecular weight is 340 g/mol. The van der Waals surface area contributed by atoms with Crippen molar-refractivity contribution in [3.05, 3.63) is 0 Å². The van der Waals surface area contributed by atoms with Crippen LogP contribution in [0.15, 0.2) is 0 Å². The number of carbonyl (C=O) groups excluding carboxylic acids is 1. The molecule has 3 atom stereocenters. The van der Waals surface area contributed by atoms with Crippen molar-refractivity contribution in [1.29, 1.82) is 0 Å². The molecular weight excluding hydrogens is 302 g/mol. The number of likely N-dealkylation sites (tertiary alicyclic amines) is 1. The third-order valence-electron chi connectivity index (χ3n) is 6.00. The zero-order valence-corrected chi connectivity index (χ0v) is 16.1. The number of piperazine rings is 1. The summed E-state index contributed by atoms with van der Waals surface area (Å²) >= 11 is 0. The second kappa shape index (κ2) is 8.13. The number of hydrogen-bond donors (Lipinski definition) is 3. The Labute approximate surface area is 147 Å². The number of amides is 1. The molecule has 0 aromatic carbocycles. The Hall–Kier alpha value is -0.690. The van der Waals surface area contributed by atoms with Crippen LogP contribution in [-0.4, -0.2) is 79.1 Å². The van der Waals surface area contributed by atoms with Crippen molar-refractivity contribution in [3.63, 3.8) is 0 Å². The summed E-state index contributed by atoms with van der Waals surface area (Å²) in [6, 6.07) is 0.956. The molecule has 2 heterocycles. The maximum Gasteiger partial charge on any atom is 0.235 e. The van der Waals surface area contributed by atoms with Crippen LogP contribution in [0.4, 0.5) is 0 Å². The number of nitrogens with one attached hydrogen (secondary N) is 2. The zero-order valence-electron chi connectivity index (χ0n) is 16.1. The molecule has 0 bridgehead atoms. The monoisotopic (exact) mass is 339 g/mol. The average Bonchev–Trinajstić information content (AvgIpc) is 2.54. The third kappa shape index (κ3) is 4.69. The molecule has 0 aromatic heterocycles. The van der Waals surface area contributed by atoms with Gasteiger partial charge in [0.25, 0.3) is 0 Å². The number of hydrogen-bond acceptors (Lipinski definition) is 5. The first-order valence-corrected chi connectivity index (χ1v) is 9.43. The molecule has 2 saturated heterocycles. The standard InChI is InChI=1S/C18H37N5O/c1-13(2)22-8-6-15(20-5)14(11-22)10-18(3,4)23-9-7-21-16(12-23)17(19)24/h13-16,20-21H,6-12H2,1-5H3,(H2,19,24). The van der Waals surface area contributed by atoms with Gasteiger partial charge in [-0.15, -0.1) is 0 Å². The van der Waals surface area contributed by atoms with Gasteiger partial charge in [0.2, 0.25) is 5.91 Å². The molecule has 24 heavy (non-hydrogen) atoms. The lowest BCUT2D eigenvalue weighted by atomic mass is 9.80. The van der Waals surface area contributed by atoms with Gasteiger partial charge < -0.3 is 21.3 Å².